The molecule has 1 fully saturated rings. The van der Waals surface area contributed by atoms with E-state index in [9.17, 15) is 4.79 Å². The van der Waals surface area contributed by atoms with Gasteiger partial charge < -0.3 is 14.5 Å². The Labute approximate surface area is 180 Å². The van der Waals surface area contributed by atoms with E-state index in [4.69, 9.17) is 14.7 Å². The van der Waals surface area contributed by atoms with Crippen LogP contribution in [0.5, 0.6) is 0 Å². The number of nitrogens with zero attached hydrogens (tertiary/aromatic N) is 4. The van der Waals surface area contributed by atoms with Crippen molar-refractivity contribution in [2.24, 2.45) is 0 Å². The third-order valence-electron chi connectivity index (χ3n) is 5.93. The first-order chi connectivity index (χ1) is 14.4. The van der Waals surface area contributed by atoms with Gasteiger partial charge in [-0.25, -0.2) is 9.97 Å². The molecule has 0 unspecified atom stereocenters. The molecule has 0 saturated carbocycles. The van der Waals surface area contributed by atoms with E-state index in [2.05, 4.69) is 56.9 Å². The molecular formula is C24H34N4O2. The van der Waals surface area contributed by atoms with Crippen molar-refractivity contribution < 1.29 is 9.53 Å². The molecule has 1 saturated heterocycles. The highest BCUT2D eigenvalue weighted by Gasteiger charge is 2.25. The van der Waals surface area contributed by atoms with E-state index in [-0.39, 0.29) is 12.5 Å². The summed E-state index contributed by atoms with van der Waals surface area (Å²) in [7, 11) is 1.56. The highest BCUT2D eigenvalue weighted by molar-refractivity contribution is 5.77. The first-order valence-corrected chi connectivity index (χ1v) is 10.9. The lowest BCUT2D eigenvalue weighted by Crippen LogP contribution is -2.50. The molecule has 0 spiro atoms. The SMILES string of the molecule is CC[C@H](C)c1nc(C)c(Cc2cccc(C)c2)c(N2CCN(C(=O)COC)CC2)n1. The van der Waals surface area contributed by atoms with Gasteiger partial charge in [0.2, 0.25) is 5.91 Å². The maximum absolute atomic E-state index is 12.2. The molecule has 1 amide bonds. The monoisotopic (exact) mass is 410 g/mol. The van der Waals surface area contributed by atoms with Gasteiger partial charge in [-0.15, -0.1) is 0 Å². The highest BCUT2D eigenvalue weighted by atomic mass is 16.5. The van der Waals surface area contributed by atoms with Crippen LogP contribution >= 0.6 is 0 Å². The molecule has 6 heteroatoms. The van der Waals surface area contributed by atoms with Gasteiger partial charge in [0.25, 0.3) is 0 Å². The fraction of sp³-hybridized carbons (Fsp3) is 0.542. The number of aromatic nitrogens is 2. The summed E-state index contributed by atoms with van der Waals surface area (Å²) in [5, 5.41) is 0. The Hall–Kier alpha value is -2.47. The summed E-state index contributed by atoms with van der Waals surface area (Å²) in [6.07, 6.45) is 1.82. The molecule has 1 aliphatic rings. The molecule has 30 heavy (non-hydrogen) atoms. The van der Waals surface area contributed by atoms with Crippen LogP contribution in [-0.2, 0) is 16.0 Å². The second-order valence-corrected chi connectivity index (χ2v) is 8.25. The molecule has 0 aliphatic carbocycles. The van der Waals surface area contributed by atoms with Crippen LogP contribution in [0.1, 0.15) is 54.4 Å². The predicted molar refractivity (Wildman–Crippen MR) is 120 cm³/mol. The summed E-state index contributed by atoms with van der Waals surface area (Å²) in [5.74, 6) is 2.31. The smallest absolute Gasteiger partial charge is 0.248 e. The van der Waals surface area contributed by atoms with Crippen molar-refractivity contribution >= 4 is 11.7 Å². The summed E-state index contributed by atoms with van der Waals surface area (Å²) in [6, 6.07) is 8.62. The van der Waals surface area contributed by atoms with E-state index < -0.39 is 0 Å². The van der Waals surface area contributed by atoms with Crippen molar-refractivity contribution in [1.29, 1.82) is 0 Å². The van der Waals surface area contributed by atoms with E-state index in [1.165, 1.54) is 16.7 Å². The van der Waals surface area contributed by atoms with Crippen molar-refractivity contribution in [3.63, 3.8) is 0 Å². The number of hydrogen-bond acceptors (Lipinski definition) is 5. The second kappa shape index (κ2) is 10.0. The molecule has 3 rings (SSSR count). The first kappa shape index (κ1) is 22.2. The van der Waals surface area contributed by atoms with Crippen LogP contribution in [0.4, 0.5) is 5.82 Å². The minimum atomic E-state index is 0.0521. The molecule has 1 aromatic carbocycles. The van der Waals surface area contributed by atoms with Crippen LogP contribution < -0.4 is 4.90 Å². The summed E-state index contributed by atoms with van der Waals surface area (Å²) in [5.41, 5.74) is 4.77. The van der Waals surface area contributed by atoms with Crippen LogP contribution in [0, 0.1) is 13.8 Å². The fourth-order valence-electron chi connectivity index (χ4n) is 3.88. The fourth-order valence-corrected chi connectivity index (χ4v) is 3.88. The standard InChI is InChI=1S/C24H34N4O2/c1-6-18(3)23-25-19(4)21(15-20-9-7-8-17(2)14-20)24(26-23)28-12-10-27(11-13-28)22(29)16-30-5/h7-9,14,18H,6,10-13,15-16H2,1-5H3/t18-/m0/s1. The van der Waals surface area contributed by atoms with Crippen molar-refractivity contribution in [3.8, 4) is 0 Å². The number of carbonyl (C=O) groups excluding carboxylic acids is 1. The Kier molecular flexibility index (Phi) is 7.43. The third kappa shape index (κ3) is 5.17. The third-order valence-corrected chi connectivity index (χ3v) is 5.93. The molecule has 2 aromatic rings. The molecule has 1 atom stereocenters. The molecule has 0 bridgehead atoms. The van der Waals surface area contributed by atoms with E-state index in [0.29, 0.717) is 19.0 Å². The normalized spacial score (nSPS) is 15.4. The quantitative estimate of drug-likeness (QED) is 0.699. The summed E-state index contributed by atoms with van der Waals surface area (Å²) in [4.78, 5) is 26.3. The zero-order chi connectivity index (χ0) is 21.7. The van der Waals surface area contributed by atoms with Gasteiger partial charge in [0.1, 0.15) is 18.2 Å². The van der Waals surface area contributed by atoms with Crippen molar-refractivity contribution in [2.45, 2.75) is 46.5 Å². The predicted octanol–water partition coefficient (Wildman–Crippen LogP) is 3.49. The number of rotatable bonds is 7. The number of aryl methyl sites for hydroxylation is 2. The second-order valence-electron chi connectivity index (χ2n) is 8.25. The van der Waals surface area contributed by atoms with Gasteiger partial charge in [-0.1, -0.05) is 43.7 Å². The summed E-state index contributed by atoms with van der Waals surface area (Å²) >= 11 is 0. The van der Waals surface area contributed by atoms with Gasteiger partial charge in [-0.2, -0.15) is 0 Å². The van der Waals surface area contributed by atoms with Gasteiger partial charge in [0.15, 0.2) is 0 Å². The summed E-state index contributed by atoms with van der Waals surface area (Å²) < 4.78 is 5.01. The zero-order valence-electron chi connectivity index (χ0n) is 18.9. The Bertz CT molecular complexity index is 876. The number of piperazine rings is 1. The van der Waals surface area contributed by atoms with Gasteiger partial charge in [0.05, 0.1) is 0 Å². The minimum absolute atomic E-state index is 0.0521. The van der Waals surface area contributed by atoms with Gasteiger partial charge in [-0.3, -0.25) is 4.79 Å². The van der Waals surface area contributed by atoms with Gasteiger partial charge >= 0.3 is 0 Å². The van der Waals surface area contributed by atoms with Crippen LogP contribution in [0.3, 0.4) is 0 Å². The van der Waals surface area contributed by atoms with E-state index in [1.54, 1.807) is 7.11 Å². The van der Waals surface area contributed by atoms with E-state index >= 15 is 0 Å². The van der Waals surface area contributed by atoms with E-state index in [1.807, 2.05) is 4.90 Å². The number of anilines is 1. The van der Waals surface area contributed by atoms with Crippen LogP contribution in [0.15, 0.2) is 24.3 Å². The molecule has 162 valence electrons. The van der Waals surface area contributed by atoms with Gasteiger partial charge in [0, 0.05) is 56.9 Å². The Morgan fingerprint density at radius 2 is 1.90 bits per heavy atom. The van der Waals surface area contributed by atoms with Crippen LogP contribution in [-0.4, -0.2) is 60.7 Å². The molecule has 1 aliphatic heterocycles. The number of carbonyl (C=O) groups is 1. The summed E-state index contributed by atoms with van der Waals surface area (Å²) in [6.45, 7) is 11.6. The highest BCUT2D eigenvalue weighted by Crippen LogP contribution is 2.28. The number of hydrogen-bond donors (Lipinski definition) is 0. The first-order valence-electron chi connectivity index (χ1n) is 10.9. The molecule has 0 radical (unpaired) electrons. The molecular weight excluding hydrogens is 376 g/mol. The minimum Gasteiger partial charge on any atom is -0.375 e. The number of amides is 1. The van der Waals surface area contributed by atoms with Crippen molar-refractivity contribution in [1.82, 2.24) is 14.9 Å². The Balaban J connectivity index is 1.90. The average molecular weight is 411 g/mol. The number of ether oxygens (including phenoxy) is 1. The van der Waals surface area contributed by atoms with Crippen LogP contribution in [0.25, 0.3) is 0 Å². The molecule has 6 nitrogen and oxygen atoms in total. The number of methoxy groups -OCH3 is 1. The maximum atomic E-state index is 12.2. The Morgan fingerprint density at radius 1 is 1.17 bits per heavy atom. The number of benzene rings is 1. The lowest BCUT2D eigenvalue weighted by Gasteiger charge is -2.36. The Morgan fingerprint density at radius 3 is 2.53 bits per heavy atom. The average Bonchev–Trinajstić information content (AvgIpc) is 2.74. The van der Waals surface area contributed by atoms with Gasteiger partial charge in [-0.05, 0) is 25.8 Å². The largest absolute Gasteiger partial charge is 0.375 e. The van der Waals surface area contributed by atoms with Crippen LogP contribution in [0.2, 0.25) is 0 Å². The van der Waals surface area contributed by atoms with Crippen molar-refractivity contribution in [2.75, 3.05) is 44.8 Å². The molecule has 1 aromatic heterocycles. The van der Waals surface area contributed by atoms with E-state index in [0.717, 1.165) is 43.3 Å². The topological polar surface area (TPSA) is 58.6 Å². The molecule has 0 N–H and O–H groups in total. The lowest BCUT2D eigenvalue weighted by molar-refractivity contribution is -0.135. The zero-order valence-corrected chi connectivity index (χ0v) is 18.9. The molecule has 2 heterocycles. The van der Waals surface area contributed by atoms with Crippen molar-refractivity contribution in [3.05, 3.63) is 52.5 Å². The lowest BCUT2D eigenvalue weighted by atomic mass is 10.0. The maximum Gasteiger partial charge on any atom is 0.248 e.